The van der Waals surface area contributed by atoms with Crippen molar-refractivity contribution < 1.29 is 14.7 Å². The average molecular weight is 299 g/mol. The van der Waals surface area contributed by atoms with Crippen LogP contribution in [-0.2, 0) is 22.4 Å². The second kappa shape index (κ2) is 6.72. The van der Waals surface area contributed by atoms with Gasteiger partial charge in [-0.2, -0.15) is 0 Å². The first-order valence-corrected chi connectivity index (χ1v) is 6.33. The normalized spacial score (nSPS) is 15.1. The SMILES string of the molecule is C[C@H](N)C(=O)N(CC(=O)O)C1Cc2ccccc2C1.Cl. The number of fused-ring (bicyclic) bond motifs is 1. The molecule has 0 spiro atoms. The lowest BCUT2D eigenvalue weighted by Gasteiger charge is -2.28. The molecule has 6 heteroatoms. The molecule has 0 fully saturated rings. The van der Waals surface area contributed by atoms with Gasteiger partial charge in [-0.05, 0) is 30.9 Å². The van der Waals surface area contributed by atoms with Crippen molar-refractivity contribution in [3.8, 4) is 0 Å². The molecule has 1 aromatic rings. The molecule has 0 bridgehead atoms. The average Bonchev–Trinajstić information content (AvgIpc) is 2.78. The van der Waals surface area contributed by atoms with Crippen molar-refractivity contribution in [2.75, 3.05) is 6.54 Å². The van der Waals surface area contributed by atoms with Gasteiger partial charge in [-0.1, -0.05) is 24.3 Å². The number of aliphatic carboxylic acids is 1. The predicted octanol–water partition coefficient (Wildman–Crippen LogP) is 0.836. The number of nitrogens with zero attached hydrogens (tertiary/aromatic N) is 1. The van der Waals surface area contributed by atoms with E-state index in [-0.39, 0.29) is 30.9 Å². The number of carboxylic acid groups (broad SMARTS) is 1. The summed E-state index contributed by atoms with van der Waals surface area (Å²) in [7, 11) is 0. The van der Waals surface area contributed by atoms with E-state index in [0.717, 1.165) is 0 Å². The van der Waals surface area contributed by atoms with Crippen molar-refractivity contribution in [1.82, 2.24) is 4.90 Å². The van der Waals surface area contributed by atoms with E-state index in [1.54, 1.807) is 6.92 Å². The summed E-state index contributed by atoms with van der Waals surface area (Å²) in [6, 6.07) is 7.16. The first-order chi connectivity index (χ1) is 8.99. The highest BCUT2D eigenvalue weighted by Crippen LogP contribution is 2.25. The Morgan fingerprint density at radius 3 is 2.25 bits per heavy atom. The van der Waals surface area contributed by atoms with Crippen molar-refractivity contribution in [1.29, 1.82) is 0 Å². The van der Waals surface area contributed by atoms with Crippen LogP contribution < -0.4 is 5.73 Å². The van der Waals surface area contributed by atoms with Gasteiger partial charge in [-0.3, -0.25) is 9.59 Å². The molecule has 0 aliphatic heterocycles. The molecule has 1 aliphatic carbocycles. The summed E-state index contributed by atoms with van der Waals surface area (Å²) in [5.74, 6) is -1.31. The summed E-state index contributed by atoms with van der Waals surface area (Å²) < 4.78 is 0. The molecule has 0 saturated carbocycles. The smallest absolute Gasteiger partial charge is 0.323 e. The van der Waals surface area contributed by atoms with Gasteiger partial charge in [0.05, 0.1) is 6.04 Å². The second-order valence-corrected chi connectivity index (χ2v) is 4.98. The van der Waals surface area contributed by atoms with Crippen LogP contribution in [0.1, 0.15) is 18.1 Å². The Morgan fingerprint density at radius 1 is 1.35 bits per heavy atom. The van der Waals surface area contributed by atoms with E-state index >= 15 is 0 Å². The Labute approximate surface area is 124 Å². The van der Waals surface area contributed by atoms with Crippen LogP contribution in [0.5, 0.6) is 0 Å². The largest absolute Gasteiger partial charge is 0.480 e. The summed E-state index contributed by atoms with van der Waals surface area (Å²) in [4.78, 5) is 24.4. The van der Waals surface area contributed by atoms with Gasteiger partial charge < -0.3 is 15.7 Å². The third-order valence-electron chi connectivity index (χ3n) is 3.45. The third kappa shape index (κ3) is 3.49. The molecule has 2 rings (SSSR count). The molecule has 1 atom stereocenters. The zero-order valence-corrected chi connectivity index (χ0v) is 12.1. The summed E-state index contributed by atoms with van der Waals surface area (Å²) >= 11 is 0. The van der Waals surface area contributed by atoms with E-state index in [0.29, 0.717) is 12.8 Å². The van der Waals surface area contributed by atoms with Gasteiger partial charge >= 0.3 is 5.97 Å². The van der Waals surface area contributed by atoms with Gasteiger partial charge in [0.2, 0.25) is 5.91 Å². The Bertz CT molecular complexity index is 480. The minimum absolute atomic E-state index is 0. The van der Waals surface area contributed by atoms with Gasteiger partial charge in [0.25, 0.3) is 0 Å². The molecule has 5 nitrogen and oxygen atoms in total. The molecule has 1 aliphatic rings. The molecule has 0 saturated heterocycles. The zero-order chi connectivity index (χ0) is 14.0. The van der Waals surface area contributed by atoms with Crippen molar-refractivity contribution >= 4 is 24.3 Å². The molecule has 0 heterocycles. The van der Waals surface area contributed by atoms with Crippen LogP contribution in [0.25, 0.3) is 0 Å². The minimum Gasteiger partial charge on any atom is -0.480 e. The van der Waals surface area contributed by atoms with Crippen LogP contribution in [-0.4, -0.2) is 40.5 Å². The van der Waals surface area contributed by atoms with Crippen molar-refractivity contribution in [2.24, 2.45) is 5.73 Å². The first kappa shape index (κ1) is 16.5. The van der Waals surface area contributed by atoms with Crippen LogP contribution in [0.4, 0.5) is 0 Å². The Kier molecular flexibility index (Phi) is 5.53. The van der Waals surface area contributed by atoms with E-state index in [1.165, 1.54) is 16.0 Å². The molecule has 1 amide bonds. The molecule has 20 heavy (non-hydrogen) atoms. The first-order valence-electron chi connectivity index (χ1n) is 6.33. The van der Waals surface area contributed by atoms with Crippen LogP contribution in [0.15, 0.2) is 24.3 Å². The van der Waals surface area contributed by atoms with Gasteiger partial charge in [0.1, 0.15) is 6.54 Å². The second-order valence-electron chi connectivity index (χ2n) is 4.98. The maximum Gasteiger partial charge on any atom is 0.323 e. The number of nitrogens with two attached hydrogens (primary N) is 1. The minimum atomic E-state index is -1.01. The lowest BCUT2D eigenvalue weighted by molar-refractivity contribution is -0.146. The maximum atomic E-state index is 12.1. The van der Waals surface area contributed by atoms with E-state index in [9.17, 15) is 9.59 Å². The number of benzene rings is 1. The number of carboxylic acids is 1. The standard InChI is InChI=1S/C14H18N2O3.ClH/c1-9(15)14(19)16(8-13(17)18)12-6-10-4-2-3-5-11(10)7-12;/h2-5,9,12H,6-8,15H2,1H3,(H,17,18);1H/t9-;/m0./s1. The summed E-state index contributed by atoms with van der Waals surface area (Å²) in [5.41, 5.74) is 7.96. The number of hydrogen-bond acceptors (Lipinski definition) is 3. The molecule has 0 unspecified atom stereocenters. The molecule has 0 aromatic heterocycles. The number of amides is 1. The number of hydrogen-bond donors (Lipinski definition) is 2. The monoisotopic (exact) mass is 298 g/mol. The highest BCUT2D eigenvalue weighted by molar-refractivity contribution is 5.85. The van der Waals surface area contributed by atoms with E-state index < -0.39 is 12.0 Å². The molecule has 3 N–H and O–H groups in total. The highest BCUT2D eigenvalue weighted by Gasteiger charge is 2.32. The maximum absolute atomic E-state index is 12.1. The van der Waals surface area contributed by atoms with Crippen molar-refractivity contribution in [3.63, 3.8) is 0 Å². The zero-order valence-electron chi connectivity index (χ0n) is 11.3. The van der Waals surface area contributed by atoms with Gasteiger partial charge in [-0.15, -0.1) is 12.4 Å². The van der Waals surface area contributed by atoms with E-state index in [2.05, 4.69) is 0 Å². The highest BCUT2D eigenvalue weighted by atomic mass is 35.5. The van der Waals surface area contributed by atoms with Crippen LogP contribution in [0.3, 0.4) is 0 Å². The fourth-order valence-electron chi connectivity index (χ4n) is 2.55. The van der Waals surface area contributed by atoms with Gasteiger partial charge in [0, 0.05) is 6.04 Å². The summed E-state index contributed by atoms with van der Waals surface area (Å²) in [6.45, 7) is 1.29. The number of halogens is 1. The Balaban J connectivity index is 0.00000200. The van der Waals surface area contributed by atoms with Gasteiger partial charge in [-0.25, -0.2) is 0 Å². The van der Waals surface area contributed by atoms with Crippen LogP contribution in [0.2, 0.25) is 0 Å². The summed E-state index contributed by atoms with van der Waals surface area (Å²) in [5, 5.41) is 8.96. The summed E-state index contributed by atoms with van der Waals surface area (Å²) in [6.07, 6.45) is 1.39. The molecular weight excluding hydrogens is 280 g/mol. The number of carbonyl (C=O) groups is 2. The van der Waals surface area contributed by atoms with Crippen molar-refractivity contribution in [3.05, 3.63) is 35.4 Å². The lowest BCUT2D eigenvalue weighted by Crippen LogP contribution is -2.50. The molecule has 110 valence electrons. The molecular formula is C14H19ClN2O3. The Morgan fingerprint density at radius 2 is 1.85 bits per heavy atom. The number of rotatable bonds is 4. The molecule has 1 aromatic carbocycles. The van der Waals surface area contributed by atoms with Crippen LogP contribution in [0, 0.1) is 0 Å². The number of carbonyl (C=O) groups excluding carboxylic acids is 1. The fraction of sp³-hybridized carbons (Fsp3) is 0.429. The van der Waals surface area contributed by atoms with E-state index in [1.807, 2.05) is 24.3 Å². The molecule has 0 radical (unpaired) electrons. The topological polar surface area (TPSA) is 83.6 Å². The van der Waals surface area contributed by atoms with E-state index in [4.69, 9.17) is 10.8 Å². The fourth-order valence-corrected chi connectivity index (χ4v) is 2.55. The quantitative estimate of drug-likeness (QED) is 0.862. The third-order valence-corrected chi connectivity index (χ3v) is 3.45. The van der Waals surface area contributed by atoms with Gasteiger partial charge in [0.15, 0.2) is 0 Å². The predicted molar refractivity (Wildman–Crippen MR) is 77.9 cm³/mol. The van der Waals surface area contributed by atoms with Crippen LogP contribution >= 0.6 is 12.4 Å². The lowest BCUT2D eigenvalue weighted by atomic mass is 10.1. The Hall–Kier alpha value is -1.59. The van der Waals surface area contributed by atoms with Crippen molar-refractivity contribution in [2.45, 2.75) is 31.8 Å².